The van der Waals surface area contributed by atoms with Crippen molar-refractivity contribution in [1.29, 1.82) is 5.26 Å². The molecule has 10 nitrogen and oxygen atoms in total. The Morgan fingerprint density at radius 1 is 1.29 bits per heavy atom. The summed E-state index contributed by atoms with van der Waals surface area (Å²) >= 11 is 0. The maximum atomic E-state index is 8.81. The van der Waals surface area contributed by atoms with Crippen LogP contribution in [0.4, 0.5) is 5.82 Å². The van der Waals surface area contributed by atoms with Crippen LogP contribution in [0, 0.1) is 17.2 Å². The first-order valence-electron chi connectivity index (χ1n) is 8.99. The quantitative estimate of drug-likeness (QED) is 0.513. The van der Waals surface area contributed by atoms with Crippen LogP contribution in [-0.2, 0) is 0 Å². The molecule has 2 unspecified atom stereocenters. The van der Waals surface area contributed by atoms with E-state index in [1.807, 2.05) is 13.0 Å². The van der Waals surface area contributed by atoms with Crippen molar-refractivity contribution in [3.8, 4) is 17.6 Å². The number of ether oxygens (including phenoxy) is 2. The Labute approximate surface area is 163 Å². The largest absolute Gasteiger partial charge is 0.495 e. The van der Waals surface area contributed by atoms with E-state index in [1.165, 1.54) is 12.4 Å². The van der Waals surface area contributed by atoms with Crippen molar-refractivity contribution >= 4 is 5.82 Å². The number of methoxy groups -OCH3 is 1. The third kappa shape index (κ3) is 4.64. The number of nitriles is 1. The first-order valence-corrected chi connectivity index (χ1v) is 8.99. The van der Waals surface area contributed by atoms with Crippen LogP contribution in [0.3, 0.4) is 0 Å². The lowest BCUT2D eigenvalue weighted by Crippen LogP contribution is -2.36. The van der Waals surface area contributed by atoms with E-state index in [-0.39, 0.29) is 23.8 Å². The van der Waals surface area contributed by atoms with Crippen LogP contribution >= 0.6 is 0 Å². The van der Waals surface area contributed by atoms with Gasteiger partial charge in [-0.05, 0) is 6.54 Å². The maximum Gasteiger partial charge on any atom is 0.158 e. The second-order valence-electron chi connectivity index (χ2n) is 6.58. The number of nitrogens with one attached hydrogen (secondary N) is 3. The van der Waals surface area contributed by atoms with Crippen molar-refractivity contribution in [2.75, 3.05) is 25.6 Å². The van der Waals surface area contributed by atoms with Gasteiger partial charge in [0.15, 0.2) is 5.69 Å². The first kappa shape index (κ1) is 19.8. The minimum atomic E-state index is -0.0964. The zero-order valence-electron chi connectivity index (χ0n) is 15.8. The Hall–Kier alpha value is -3.00. The maximum absolute atomic E-state index is 8.81. The van der Waals surface area contributed by atoms with Gasteiger partial charge < -0.3 is 20.5 Å². The zero-order chi connectivity index (χ0) is 19.9. The Morgan fingerprint density at radius 2 is 2.11 bits per heavy atom. The molecule has 3 rings (SSSR count). The average molecular weight is 384 g/mol. The summed E-state index contributed by atoms with van der Waals surface area (Å²) in [6.07, 6.45) is 6.92. The number of hydrazine groups is 1. The van der Waals surface area contributed by atoms with Gasteiger partial charge in [0.05, 0.1) is 56.3 Å². The van der Waals surface area contributed by atoms with E-state index in [4.69, 9.17) is 20.5 Å². The Balaban J connectivity index is 1.71. The SMILES string of the molecule is COc1cncc(OC[C@@H](C)CN)c1C1CC(Nc2cnc(C#N)cn2)NN1. The van der Waals surface area contributed by atoms with E-state index >= 15 is 0 Å². The summed E-state index contributed by atoms with van der Waals surface area (Å²) in [4.78, 5) is 12.4. The summed E-state index contributed by atoms with van der Waals surface area (Å²) in [5.74, 6) is 2.13. The number of hydrogen-bond acceptors (Lipinski definition) is 10. The molecule has 0 aliphatic carbocycles. The fourth-order valence-corrected chi connectivity index (χ4v) is 2.83. The Kier molecular flexibility index (Phi) is 6.54. The molecule has 1 fully saturated rings. The Morgan fingerprint density at radius 3 is 2.79 bits per heavy atom. The lowest BCUT2D eigenvalue weighted by molar-refractivity contribution is 0.256. The van der Waals surface area contributed by atoms with Crippen molar-refractivity contribution in [2.24, 2.45) is 11.7 Å². The predicted octanol–water partition coefficient (Wildman–Crippen LogP) is 0.703. The number of hydrogen-bond donors (Lipinski definition) is 4. The summed E-state index contributed by atoms with van der Waals surface area (Å²) in [6, 6.07) is 1.88. The van der Waals surface area contributed by atoms with Crippen molar-refractivity contribution < 1.29 is 9.47 Å². The highest BCUT2D eigenvalue weighted by Crippen LogP contribution is 2.37. The highest BCUT2D eigenvalue weighted by atomic mass is 16.5. The molecule has 0 radical (unpaired) electrons. The second kappa shape index (κ2) is 9.27. The molecule has 0 amide bonds. The molecule has 1 aliphatic rings. The van der Waals surface area contributed by atoms with Gasteiger partial charge in [-0.3, -0.25) is 4.98 Å². The number of nitrogens with two attached hydrogens (primary N) is 1. The van der Waals surface area contributed by atoms with E-state index in [0.717, 1.165) is 5.56 Å². The third-order valence-electron chi connectivity index (χ3n) is 4.40. The summed E-state index contributed by atoms with van der Waals surface area (Å²) in [6.45, 7) is 3.08. The fourth-order valence-electron chi connectivity index (χ4n) is 2.83. The molecule has 10 heteroatoms. The molecule has 1 aliphatic heterocycles. The average Bonchev–Trinajstić information content (AvgIpc) is 3.20. The number of aromatic nitrogens is 3. The van der Waals surface area contributed by atoms with E-state index in [1.54, 1.807) is 19.5 Å². The van der Waals surface area contributed by atoms with Crippen molar-refractivity contribution in [1.82, 2.24) is 25.8 Å². The molecule has 28 heavy (non-hydrogen) atoms. The Bertz CT molecular complexity index is 823. The van der Waals surface area contributed by atoms with Gasteiger partial charge in [-0.25, -0.2) is 20.8 Å². The third-order valence-corrected chi connectivity index (χ3v) is 4.40. The van der Waals surface area contributed by atoms with Gasteiger partial charge in [-0.2, -0.15) is 5.26 Å². The van der Waals surface area contributed by atoms with Crippen molar-refractivity contribution in [3.63, 3.8) is 0 Å². The molecule has 148 valence electrons. The van der Waals surface area contributed by atoms with E-state index in [9.17, 15) is 0 Å². The van der Waals surface area contributed by atoms with Crippen molar-refractivity contribution in [3.05, 3.63) is 36.0 Å². The fraction of sp³-hybridized carbons (Fsp3) is 0.444. The highest BCUT2D eigenvalue weighted by molar-refractivity contribution is 5.45. The molecule has 2 aromatic rings. The van der Waals surface area contributed by atoms with Crippen LogP contribution in [0.5, 0.6) is 11.5 Å². The number of anilines is 1. The summed E-state index contributed by atoms with van der Waals surface area (Å²) in [5, 5.41) is 12.0. The molecule has 0 saturated carbocycles. The van der Waals surface area contributed by atoms with E-state index < -0.39 is 0 Å². The molecular weight excluding hydrogens is 360 g/mol. The monoisotopic (exact) mass is 384 g/mol. The molecule has 3 heterocycles. The van der Waals surface area contributed by atoms with Crippen LogP contribution in [0.15, 0.2) is 24.8 Å². The minimum absolute atomic E-state index is 0.0648. The molecular formula is C18H24N8O2. The number of rotatable bonds is 8. The molecule has 2 aromatic heterocycles. The summed E-state index contributed by atoms with van der Waals surface area (Å²) in [5.41, 5.74) is 13.3. The van der Waals surface area contributed by atoms with Crippen LogP contribution in [0.1, 0.15) is 30.6 Å². The lowest BCUT2D eigenvalue weighted by atomic mass is 10.0. The van der Waals surface area contributed by atoms with Gasteiger partial charge >= 0.3 is 0 Å². The number of nitrogens with zero attached hydrogens (tertiary/aromatic N) is 4. The van der Waals surface area contributed by atoms with Crippen LogP contribution in [0.25, 0.3) is 0 Å². The van der Waals surface area contributed by atoms with E-state index in [0.29, 0.717) is 36.9 Å². The van der Waals surface area contributed by atoms with E-state index in [2.05, 4.69) is 31.1 Å². The smallest absolute Gasteiger partial charge is 0.158 e. The highest BCUT2D eigenvalue weighted by Gasteiger charge is 2.30. The molecule has 3 atom stereocenters. The molecule has 0 aromatic carbocycles. The lowest BCUT2D eigenvalue weighted by Gasteiger charge is -2.20. The van der Waals surface area contributed by atoms with Crippen LogP contribution in [-0.4, -0.2) is 41.4 Å². The standard InChI is InChI=1S/C18H24N8O2/c1-11(4-19)10-28-15-8-21-7-14(27-2)18(15)13-3-16(26-25-13)24-17-9-22-12(5-20)6-23-17/h6-9,11,13,16,25-26H,3-4,10,19H2,1-2H3,(H,23,24)/t11-,13?,16?/m0/s1. The van der Waals surface area contributed by atoms with Gasteiger partial charge in [-0.15, -0.1) is 0 Å². The van der Waals surface area contributed by atoms with Gasteiger partial charge in [0.1, 0.15) is 23.4 Å². The van der Waals surface area contributed by atoms with Gasteiger partial charge in [0.25, 0.3) is 0 Å². The van der Waals surface area contributed by atoms with Crippen LogP contribution < -0.4 is 31.4 Å². The minimum Gasteiger partial charge on any atom is -0.495 e. The molecule has 0 bridgehead atoms. The summed E-state index contributed by atoms with van der Waals surface area (Å²) < 4.78 is 11.5. The number of pyridine rings is 1. The second-order valence-corrected chi connectivity index (χ2v) is 6.58. The molecule has 0 spiro atoms. The molecule has 1 saturated heterocycles. The van der Waals surface area contributed by atoms with Crippen molar-refractivity contribution in [2.45, 2.75) is 25.6 Å². The predicted molar refractivity (Wildman–Crippen MR) is 102 cm³/mol. The normalized spacial score (nSPS) is 19.6. The summed E-state index contributed by atoms with van der Waals surface area (Å²) in [7, 11) is 1.61. The zero-order valence-corrected chi connectivity index (χ0v) is 15.8. The van der Waals surface area contributed by atoms with Gasteiger partial charge in [-0.1, -0.05) is 6.92 Å². The van der Waals surface area contributed by atoms with Crippen LogP contribution in [0.2, 0.25) is 0 Å². The molecule has 5 N–H and O–H groups in total. The van der Waals surface area contributed by atoms with Gasteiger partial charge in [0, 0.05) is 12.3 Å². The van der Waals surface area contributed by atoms with Gasteiger partial charge in [0.2, 0.25) is 0 Å². The topological polar surface area (TPSA) is 143 Å². The first-order chi connectivity index (χ1) is 13.6.